The van der Waals surface area contributed by atoms with Crippen LogP contribution in [0.3, 0.4) is 0 Å². The van der Waals surface area contributed by atoms with Crippen molar-refractivity contribution in [2.45, 2.75) is 13.8 Å². The summed E-state index contributed by atoms with van der Waals surface area (Å²) in [5, 5.41) is 3.04. The van der Waals surface area contributed by atoms with Crippen molar-refractivity contribution in [2.75, 3.05) is 29.1 Å². The molecule has 5 heteroatoms. The Kier molecular flexibility index (Phi) is 4.18. The second-order valence-corrected chi connectivity index (χ2v) is 6.23. The number of rotatable bonds is 5. The fraction of sp³-hybridized carbons (Fsp3) is 0.455. The van der Waals surface area contributed by atoms with E-state index in [-0.39, 0.29) is 11.5 Å². The third-order valence-electron chi connectivity index (χ3n) is 2.38. The van der Waals surface area contributed by atoms with Gasteiger partial charge in [0.1, 0.15) is 0 Å². The molecule has 0 saturated carbocycles. The first-order chi connectivity index (χ1) is 7.44. The Labute approximate surface area is 96.8 Å². The lowest BCUT2D eigenvalue weighted by Crippen LogP contribution is -2.17. The van der Waals surface area contributed by atoms with Crippen molar-refractivity contribution in [3.63, 3.8) is 0 Å². The van der Waals surface area contributed by atoms with Gasteiger partial charge in [-0.05, 0) is 24.6 Å². The Balaban J connectivity index is 2.59. The molecule has 0 aliphatic carbocycles. The molecule has 0 spiro atoms. The van der Waals surface area contributed by atoms with Gasteiger partial charge in [0.05, 0.1) is 17.1 Å². The van der Waals surface area contributed by atoms with Crippen LogP contribution in [-0.2, 0) is 9.84 Å². The van der Waals surface area contributed by atoms with Crippen LogP contribution in [0.15, 0.2) is 18.2 Å². The van der Waals surface area contributed by atoms with Gasteiger partial charge in [0.15, 0.2) is 9.84 Å². The molecule has 0 saturated heterocycles. The van der Waals surface area contributed by atoms with Crippen LogP contribution in [0.4, 0.5) is 11.4 Å². The van der Waals surface area contributed by atoms with Gasteiger partial charge in [0.2, 0.25) is 0 Å². The van der Waals surface area contributed by atoms with Crippen molar-refractivity contribution >= 4 is 21.2 Å². The number of hydrogen-bond donors (Lipinski definition) is 2. The molecule has 90 valence electrons. The lowest BCUT2D eigenvalue weighted by molar-refractivity contribution is 0.597. The van der Waals surface area contributed by atoms with E-state index in [9.17, 15) is 8.42 Å². The highest BCUT2D eigenvalue weighted by molar-refractivity contribution is 7.91. The van der Waals surface area contributed by atoms with E-state index in [0.717, 1.165) is 11.3 Å². The van der Waals surface area contributed by atoms with Gasteiger partial charge in [-0.15, -0.1) is 0 Å². The average Bonchev–Trinajstić information content (AvgIpc) is 2.23. The van der Waals surface area contributed by atoms with Gasteiger partial charge in [-0.2, -0.15) is 0 Å². The zero-order chi connectivity index (χ0) is 12.2. The SMILES string of the molecule is CCS(=O)(=O)CCNc1cc(C)ccc1N. The zero-order valence-electron chi connectivity index (χ0n) is 9.66. The summed E-state index contributed by atoms with van der Waals surface area (Å²) in [7, 11) is -2.92. The van der Waals surface area contributed by atoms with Crippen LogP contribution in [0.1, 0.15) is 12.5 Å². The lowest BCUT2D eigenvalue weighted by atomic mass is 10.2. The standard InChI is InChI=1S/C11H18N2O2S/c1-3-16(14,15)7-6-13-11-8-9(2)4-5-10(11)12/h4-5,8,13H,3,6-7,12H2,1-2H3. The highest BCUT2D eigenvalue weighted by atomic mass is 32.2. The number of nitrogen functional groups attached to an aromatic ring is 1. The molecule has 3 N–H and O–H groups in total. The molecular weight excluding hydrogens is 224 g/mol. The van der Waals surface area contributed by atoms with Gasteiger partial charge >= 0.3 is 0 Å². The van der Waals surface area contributed by atoms with E-state index < -0.39 is 9.84 Å². The Morgan fingerprint density at radius 3 is 2.69 bits per heavy atom. The Hall–Kier alpha value is -1.23. The van der Waals surface area contributed by atoms with E-state index in [1.807, 2.05) is 25.1 Å². The molecule has 0 unspecified atom stereocenters. The van der Waals surface area contributed by atoms with Crippen LogP contribution in [0, 0.1) is 6.92 Å². The van der Waals surface area contributed by atoms with E-state index in [1.54, 1.807) is 6.92 Å². The molecule has 0 radical (unpaired) electrons. The number of hydrogen-bond acceptors (Lipinski definition) is 4. The van der Waals surface area contributed by atoms with E-state index in [1.165, 1.54) is 0 Å². The maximum absolute atomic E-state index is 11.3. The quantitative estimate of drug-likeness (QED) is 0.766. The number of benzene rings is 1. The molecule has 1 aromatic carbocycles. The first-order valence-corrected chi connectivity index (χ1v) is 7.07. The van der Waals surface area contributed by atoms with E-state index in [4.69, 9.17) is 5.73 Å². The molecule has 1 aromatic rings. The maximum Gasteiger partial charge on any atom is 0.151 e. The third-order valence-corrected chi connectivity index (χ3v) is 4.08. The van der Waals surface area contributed by atoms with Gasteiger partial charge in [0, 0.05) is 12.3 Å². The van der Waals surface area contributed by atoms with Crippen LogP contribution in [0.2, 0.25) is 0 Å². The monoisotopic (exact) mass is 242 g/mol. The van der Waals surface area contributed by atoms with Crippen LogP contribution in [-0.4, -0.2) is 26.5 Å². The van der Waals surface area contributed by atoms with E-state index in [0.29, 0.717) is 12.2 Å². The Morgan fingerprint density at radius 1 is 1.38 bits per heavy atom. The largest absolute Gasteiger partial charge is 0.397 e. The van der Waals surface area contributed by atoms with Crippen LogP contribution < -0.4 is 11.1 Å². The summed E-state index contributed by atoms with van der Waals surface area (Å²) in [6, 6.07) is 5.64. The summed E-state index contributed by atoms with van der Waals surface area (Å²) in [6.45, 7) is 4.01. The topological polar surface area (TPSA) is 72.2 Å². The summed E-state index contributed by atoms with van der Waals surface area (Å²) in [6.07, 6.45) is 0. The van der Waals surface area contributed by atoms with Gasteiger partial charge in [0.25, 0.3) is 0 Å². The molecule has 0 aliphatic heterocycles. The van der Waals surface area contributed by atoms with E-state index in [2.05, 4.69) is 5.32 Å². The number of anilines is 2. The molecule has 0 amide bonds. The minimum absolute atomic E-state index is 0.136. The lowest BCUT2D eigenvalue weighted by Gasteiger charge is -2.09. The first kappa shape index (κ1) is 12.8. The van der Waals surface area contributed by atoms with Crippen LogP contribution in [0.5, 0.6) is 0 Å². The van der Waals surface area contributed by atoms with Gasteiger partial charge < -0.3 is 11.1 Å². The number of nitrogens with one attached hydrogen (secondary N) is 1. The van der Waals surface area contributed by atoms with Crippen molar-refractivity contribution in [1.82, 2.24) is 0 Å². The fourth-order valence-electron chi connectivity index (χ4n) is 1.31. The van der Waals surface area contributed by atoms with Crippen molar-refractivity contribution in [3.8, 4) is 0 Å². The molecule has 0 heterocycles. The Bertz CT molecular complexity index is 455. The minimum Gasteiger partial charge on any atom is -0.397 e. The van der Waals surface area contributed by atoms with E-state index >= 15 is 0 Å². The molecule has 0 aliphatic rings. The van der Waals surface area contributed by atoms with Crippen molar-refractivity contribution < 1.29 is 8.42 Å². The number of sulfone groups is 1. The van der Waals surface area contributed by atoms with Crippen molar-refractivity contribution in [3.05, 3.63) is 23.8 Å². The molecule has 0 fully saturated rings. The third kappa shape index (κ3) is 3.73. The molecule has 0 atom stereocenters. The first-order valence-electron chi connectivity index (χ1n) is 5.25. The highest BCUT2D eigenvalue weighted by Gasteiger charge is 2.07. The molecule has 0 bridgehead atoms. The maximum atomic E-state index is 11.3. The van der Waals surface area contributed by atoms with Gasteiger partial charge in [-0.25, -0.2) is 8.42 Å². The van der Waals surface area contributed by atoms with Crippen molar-refractivity contribution in [2.24, 2.45) is 0 Å². The predicted octanol–water partition coefficient (Wildman–Crippen LogP) is 1.42. The summed E-state index contributed by atoms with van der Waals surface area (Å²) in [4.78, 5) is 0. The van der Waals surface area contributed by atoms with Crippen LogP contribution >= 0.6 is 0 Å². The number of nitrogens with two attached hydrogens (primary N) is 1. The normalized spacial score (nSPS) is 11.4. The molecule has 0 aromatic heterocycles. The molecule has 16 heavy (non-hydrogen) atoms. The molecular formula is C11H18N2O2S. The zero-order valence-corrected chi connectivity index (χ0v) is 10.5. The highest BCUT2D eigenvalue weighted by Crippen LogP contribution is 2.19. The minimum atomic E-state index is -2.92. The summed E-state index contributed by atoms with van der Waals surface area (Å²) in [5.41, 5.74) is 8.29. The smallest absolute Gasteiger partial charge is 0.151 e. The second kappa shape index (κ2) is 5.21. The number of aryl methyl sites for hydroxylation is 1. The summed E-state index contributed by atoms with van der Waals surface area (Å²) in [5.74, 6) is 0.314. The van der Waals surface area contributed by atoms with Crippen LogP contribution in [0.25, 0.3) is 0 Å². The molecule has 4 nitrogen and oxygen atoms in total. The van der Waals surface area contributed by atoms with Crippen molar-refractivity contribution in [1.29, 1.82) is 0 Å². The van der Waals surface area contributed by atoms with Gasteiger partial charge in [-0.1, -0.05) is 13.0 Å². The Morgan fingerprint density at radius 2 is 2.06 bits per heavy atom. The summed E-state index contributed by atoms with van der Waals surface area (Å²) >= 11 is 0. The summed E-state index contributed by atoms with van der Waals surface area (Å²) < 4.78 is 22.5. The van der Waals surface area contributed by atoms with Gasteiger partial charge in [-0.3, -0.25) is 0 Å². The predicted molar refractivity (Wildman–Crippen MR) is 68.4 cm³/mol. The average molecular weight is 242 g/mol. The second-order valence-electron chi connectivity index (χ2n) is 3.75. The molecule has 1 rings (SSSR count). The fourth-order valence-corrected chi connectivity index (χ4v) is 2.01.